The summed E-state index contributed by atoms with van der Waals surface area (Å²) in [6.45, 7) is 0.146. The number of carbonyl (C=O) groups excluding carboxylic acids is 1. The van der Waals surface area contributed by atoms with Crippen molar-refractivity contribution in [2.24, 2.45) is 4.99 Å². The van der Waals surface area contributed by atoms with Crippen LogP contribution in [0.5, 0.6) is 0 Å². The van der Waals surface area contributed by atoms with Gasteiger partial charge in [0, 0.05) is 0 Å². The molecule has 0 aromatic heterocycles. The number of aliphatic imine (C=N–C) groups is 1. The van der Waals surface area contributed by atoms with E-state index in [-0.39, 0.29) is 37.7 Å². The van der Waals surface area contributed by atoms with Gasteiger partial charge in [0.25, 0.3) is 5.90 Å². The van der Waals surface area contributed by atoms with Gasteiger partial charge in [-0.2, -0.15) is 13.2 Å². The smallest absolute Gasteiger partial charge is 0.449 e. The van der Waals surface area contributed by atoms with E-state index in [1.165, 1.54) is 24.3 Å². The lowest BCUT2D eigenvalue weighted by molar-refractivity contribution is -0.305. The Morgan fingerprint density at radius 2 is 1.06 bits per heavy atom. The maximum absolute atomic E-state index is 14.7. The average Bonchev–Trinajstić information content (AvgIpc) is 3.19. The van der Waals surface area contributed by atoms with Crippen LogP contribution in [0.2, 0.25) is 0 Å². The maximum Gasteiger partial charge on any atom is 0.468 e. The third-order valence-electron chi connectivity index (χ3n) is 8.27. The first kappa shape index (κ1) is 37.4. The third-order valence-corrected chi connectivity index (χ3v) is 8.27. The molecule has 6 rings (SSSR count). The lowest BCUT2D eigenvalue weighted by atomic mass is 9.97. The molecule has 1 aliphatic heterocycles. The summed E-state index contributed by atoms with van der Waals surface area (Å²) in [5.74, 6) is -2.42. The molecule has 0 N–H and O–H groups in total. The van der Waals surface area contributed by atoms with E-state index in [9.17, 15) is 18.0 Å². The second-order valence-electron chi connectivity index (χ2n) is 12.2. The van der Waals surface area contributed by atoms with Crippen LogP contribution in [0.15, 0.2) is 157 Å². The highest BCUT2D eigenvalue weighted by atomic mass is 19.4. The molecule has 11 heteroatoms. The molecule has 53 heavy (non-hydrogen) atoms. The largest absolute Gasteiger partial charge is 0.468 e. The molecule has 8 nitrogen and oxygen atoms in total. The molecule has 1 saturated heterocycles. The van der Waals surface area contributed by atoms with Crippen molar-refractivity contribution in [1.82, 2.24) is 0 Å². The SMILES string of the molecule is O=C(O[C@@H]1[C@H](OC(=Nc2ccccc2)C(F)(F)F)O[C@H](COCc2ccccc2)[C@@H](OCc2ccccc2)[C@@H]1OCc1ccccc1)c1ccccc1. The van der Waals surface area contributed by atoms with Gasteiger partial charge < -0.3 is 28.4 Å². The molecule has 274 valence electrons. The van der Waals surface area contributed by atoms with E-state index in [0.717, 1.165) is 16.7 Å². The molecule has 1 heterocycles. The molecule has 0 amide bonds. The van der Waals surface area contributed by atoms with E-state index < -0.39 is 48.7 Å². The fourth-order valence-corrected chi connectivity index (χ4v) is 5.68. The summed E-state index contributed by atoms with van der Waals surface area (Å²) in [6, 6.07) is 43.6. The fourth-order valence-electron chi connectivity index (χ4n) is 5.68. The normalized spacial score (nSPS) is 20.4. The summed E-state index contributed by atoms with van der Waals surface area (Å²) in [4.78, 5) is 17.4. The molecule has 1 fully saturated rings. The molecule has 1 aliphatic rings. The molecule has 0 bridgehead atoms. The van der Waals surface area contributed by atoms with Crippen LogP contribution in [0.3, 0.4) is 0 Å². The van der Waals surface area contributed by atoms with Crippen molar-refractivity contribution in [2.75, 3.05) is 6.61 Å². The van der Waals surface area contributed by atoms with Crippen LogP contribution in [0.1, 0.15) is 27.0 Å². The van der Waals surface area contributed by atoms with Gasteiger partial charge in [-0.3, -0.25) is 0 Å². The van der Waals surface area contributed by atoms with Crippen LogP contribution in [0.4, 0.5) is 18.9 Å². The number of hydrogen-bond acceptors (Lipinski definition) is 8. The summed E-state index contributed by atoms with van der Waals surface area (Å²) in [7, 11) is 0. The average molecular weight is 726 g/mol. The minimum absolute atomic E-state index is 0.00263. The molecule has 5 aromatic rings. The summed E-state index contributed by atoms with van der Waals surface area (Å²) >= 11 is 0. The second kappa shape index (κ2) is 18.4. The number of para-hydroxylation sites is 1. The minimum atomic E-state index is -5.05. The Bertz CT molecular complexity index is 1860. The van der Waals surface area contributed by atoms with Crippen molar-refractivity contribution in [3.8, 4) is 0 Å². The Morgan fingerprint density at radius 1 is 0.585 bits per heavy atom. The van der Waals surface area contributed by atoms with Crippen molar-refractivity contribution < 1.29 is 46.4 Å². The van der Waals surface area contributed by atoms with Crippen molar-refractivity contribution in [2.45, 2.75) is 56.7 Å². The van der Waals surface area contributed by atoms with Gasteiger partial charge in [-0.1, -0.05) is 127 Å². The van der Waals surface area contributed by atoms with Gasteiger partial charge >= 0.3 is 12.1 Å². The van der Waals surface area contributed by atoms with Gasteiger partial charge in [-0.05, 0) is 41.0 Å². The molecule has 0 unspecified atom stereocenters. The molecule has 0 spiro atoms. The summed E-state index contributed by atoms with van der Waals surface area (Å²) in [6.07, 6.45) is -11.7. The monoisotopic (exact) mass is 725 g/mol. The zero-order chi connectivity index (χ0) is 36.9. The number of benzene rings is 5. The number of carbonyl (C=O) groups is 1. The Balaban J connectivity index is 1.39. The molecule has 0 aliphatic carbocycles. The minimum Gasteiger partial charge on any atom is -0.449 e. The Kier molecular flexibility index (Phi) is 13.0. The summed E-state index contributed by atoms with van der Waals surface area (Å²) < 4.78 is 81.0. The van der Waals surface area contributed by atoms with Crippen LogP contribution in [-0.2, 0) is 48.2 Å². The number of alkyl halides is 3. The quantitative estimate of drug-likeness (QED) is 0.0644. The standard InChI is InChI=1S/C42H38F3NO7/c43-42(44,45)41(46-34-24-14-5-15-25-34)53-40-38(52-39(47)33-22-12-4-13-23-33)37(50-28-32-20-10-3-11-21-32)36(49-27-31-18-8-2-9-19-31)35(51-40)29-48-26-30-16-6-1-7-17-30/h1-25,35-38,40H,26-29H2/t35-,36-,37+,38+,40+/m1/s1. The fraction of sp³-hybridized carbons (Fsp3) is 0.238. The first-order chi connectivity index (χ1) is 25.8. The lowest BCUT2D eigenvalue weighted by Crippen LogP contribution is -2.62. The number of ether oxygens (including phenoxy) is 6. The Morgan fingerprint density at radius 3 is 1.58 bits per heavy atom. The number of rotatable bonds is 14. The van der Waals surface area contributed by atoms with Gasteiger partial charge in [0.1, 0.15) is 18.3 Å². The van der Waals surface area contributed by atoms with Gasteiger partial charge in [0.05, 0.1) is 37.7 Å². The first-order valence-electron chi connectivity index (χ1n) is 17.1. The van der Waals surface area contributed by atoms with Crippen molar-refractivity contribution in [1.29, 1.82) is 0 Å². The van der Waals surface area contributed by atoms with Crippen molar-refractivity contribution in [3.63, 3.8) is 0 Å². The predicted molar refractivity (Wildman–Crippen MR) is 191 cm³/mol. The Hall–Kier alpha value is -5.33. The number of halogens is 3. The first-order valence-corrected chi connectivity index (χ1v) is 17.1. The topological polar surface area (TPSA) is 84.8 Å². The van der Waals surface area contributed by atoms with Crippen molar-refractivity contribution >= 4 is 17.6 Å². The highest BCUT2D eigenvalue weighted by molar-refractivity contribution is 5.89. The van der Waals surface area contributed by atoms with E-state index in [1.54, 1.807) is 36.4 Å². The molecule has 5 atom stereocenters. The number of hydrogen-bond donors (Lipinski definition) is 0. The second-order valence-corrected chi connectivity index (χ2v) is 12.2. The number of esters is 1. The molecule has 5 aromatic carbocycles. The molecular weight excluding hydrogens is 687 g/mol. The molecular formula is C42H38F3NO7. The number of nitrogens with zero attached hydrogens (tertiary/aromatic N) is 1. The zero-order valence-corrected chi connectivity index (χ0v) is 28.6. The van der Waals surface area contributed by atoms with Gasteiger partial charge in [-0.15, -0.1) is 0 Å². The van der Waals surface area contributed by atoms with Crippen molar-refractivity contribution in [3.05, 3.63) is 174 Å². The van der Waals surface area contributed by atoms with Crippen LogP contribution < -0.4 is 0 Å². The van der Waals surface area contributed by atoms with E-state index >= 15 is 0 Å². The van der Waals surface area contributed by atoms with Gasteiger partial charge in [-0.25, -0.2) is 9.79 Å². The van der Waals surface area contributed by atoms with E-state index in [2.05, 4.69) is 4.99 Å². The van der Waals surface area contributed by atoms with Crippen LogP contribution in [-0.4, -0.2) is 55.4 Å². The van der Waals surface area contributed by atoms with Gasteiger partial charge in [0.15, 0.2) is 6.10 Å². The summed E-state index contributed by atoms with van der Waals surface area (Å²) in [5.41, 5.74) is 2.63. The maximum atomic E-state index is 14.7. The van der Waals surface area contributed by atoms with Crippen LogP contribution in [0, 0.1) is 0 Å². The van der Waals surface area contributed by atoms with E-state index in [1.807, 2.05) is 91.0 Å². The van der Waals surface area contributed by atoms with Crippen LogP contribution >= 0.6 is 0 Å². The van der Waals surface area contributed by atoms with E-state index in [4.69, 9.17) is 28.4 Å². The van der Waals surface area contributed by atoms with Gasteiger partial charge in [0.2, 0.25) is 6.29 Å². The predicted octanol–water partition coefficient (Wildman–Crippen LogP) is 8.63. The lowest BCUT2D eigenvalue weighted by Gasteiger charge is -2.45. The van der Waals surface area contributed by atoms with E-state index in [0.29, 0.717) is 0 Å². The third kappa shape index (κ3) is 10.8. The molecule has 0 saturated carbocycles. The Labute approximate surface area is 305 Å². The highest BCUT2D eigenvalue weighted by Crippen LogP contribution is 2.34. The summed E-state index contributed by atoms with van der Waals surface area (Å²) in [5, 5.41) is 0. The van der Waals surface area contributed by atoms with Crippen LogP contribution in [0.25, 0.3) is 0 Å². The molecule has 0 radical (unpaired) electrons. The highest BCUT2D eigenvalue weighted by Gasteiger charge is 2.53. The zero-order valence-electron chi connectivity index (χ0n) is 28.6.